The van der Waals surface area contributed by atoms with Gasteiger partial charge in [0.2, 0.25) is 5.82 Å². The van der Waals surface area contributed by atoms with Crippen LogP contribution in [0.1, 0.15) is 0 Å². The van der Waals surface area contributed by atoms with Gasteiger partial charge in [0.05, 0.1) is 14.2 Å². The zero-order valence-electron chi connectivity index (χ0n) is 10.4. The number of nitrogens with one attached hydrogen (secondary N) is 1. The first-order valence-electron chi connectivity index (χ1n) is 5.57. The molecule has 0 unspecified atom stereocenters. The van der Waals surface area contributed by atoms with Crippen molar-refractivity contribution in [3.05, 3.63) is 24.5 Å². The van der Waals surface area contributed by atoms with Crippen molar-refractivity contribution >= 4 is 10.8 Å². The molecular weight excluding hydrogens is 246 g/mol. The molecule has 0 amide bonds. The van der Waals surface area contributed by atoms with Crippen molar-refractivity contribution in [2.75, 3.05) is 14.2 Å². The lowest BCUT2D eigenvalue weighted by molar-refractivity contribution is 0.356. The Labute approximate surface area is 108 Å². The van der Waals surface area contributed by atoms with Crippen molar-refractivity contribution in [2.45, 2.75) is 0 Å². The average Bonchev–Trinajstić information content (AvgIpc) is 2.99. The number of tetrazole rings is 1. The van der Waals surface area contributed by atoms with Gasteiger partial charge in [-0.3, -0.25) is 4.98 Å². The smallest absolute Gasteiger partial charge is 0.206 e. The van der Waals surface area contributed by atoms with Gasteiger partial charge >= 0.3 is 0 Å². The third-order valence-corrected chi connectivity index (χ3v) is 2.85. The van der Waals surface area contributed by atoms with Gasteiger partial charge in [0, 0.05) is 23.3 Å². The molecule has 0 aliphatic rings. The van der Waals surface area contributed by atoms with E-state index in [2.05, 4.69) is 25.6 Å². The lowest BCUT2D eigenvalue weighted by Crippen LogP contribution is -1.92. The highest BCUT2D eigenvalue weighted by atomic mass is 16.5. The van der Waals surface area contributed by atoms with E-state index in [1.54, 1.807) is 26.6 Å². The summed E-state index contributed by atoms with van der Waals surface area (Å²) in [5, 5.41) is 15.8. The van der Waals surface area contributed by atoms with Crippen LogP contribution in [0.25, 0.3) is 22.2 Å². The summed E-state index contributed by atoms with van der Waals surface area (Å²) in [6, 6.07) is 3.74. The predicted octanol–water partition coefficient (Wildman–Crippen LogP) is 1.43. The number of nitrogens with zero attached hydrogens (tertiary/aromatic N) is 4. The third-order valence-electron chi connectivity index (χ3n) is 2.85. The van der Waals surface area contributed by atoms with Gasteiger partial charge < -0.3 is 9.47 Å². The maximum Gasteiger partial charge on any atom is 0.206 e. The van der Waals surface area contributed by atoms with Gasteiger partial charge in [-0.2, -0.15) is 5.21 Å². The van der Waals surface area contributed by atoms with Crippen LogP contribution in [-0.2, 0) is 0 Å². The van der Waals surface area contributed by atoms with Gasteiger partial charge in [0.25, 0.3) is 0 Å². The maximum atomic E-state index is 5.31. The molecule has 1 aromatic carbocycles. The molecule has 7 heteroatoms. The van der Waals surface area contributed by atoms with Crippen LogP contribution in [0.2, 0.25) is 0 Å². The van der Waals surface area contributed by atoms with Crippen molar-refractivity contribution in [3.8, 4) is 22.9 Å². The lowest BCUT2D eigenvalue weighted by Gasteiger charge is -2.10. The van der Waals surface area contributed by atoms with Crippen molar-refractivity contribution in [1.29, 1.82) is 0 Å². The largest absolute Gasteiger partial charge is 0.493 e. The highest BCUT2D eigenvalue weighted by Crippen LogP contribution is 2.35. The van der Waals surface area contributed by atoms with E-state index in [0.29, 0.717) is 17.3 Å². The average molecular weight is 257 g/mol. The number of rotatable bonds is 3. The van der Waals surface area contributed by atoms with Crippen LogP contribution >= 0.6 is 0 Å². The Balaban J connectivity index is 2.30. The standard InChI is InChI=1S/C12H11N5O2/c1-18-10-3-7-5-13-6-9(12-14-16-17-15-12)8(7)4-11(10)19-2/h3-6H,1-2H3,(H,14,15,16,17). The first kappa shape index (κ1) is 11.4. The summed E-state index contributed by atoms with van der Waals surface area (Å²) in [5.41, 5.74) is 0.784. The van der Waals surface area contributed by atoms with Crippen molar-refractivity contribution in [1.82, 2.24) is 25.6 Å². The summed E-state index contributed by atoms with van der Waals surface area (Å²) in [6.45, 7) is 0. The van der Waals surface area contributed by atoms with Crippen molar-refractivity contribution in [2.24, 2.45) is 0 Å². The fourth-order valence-corrected chi connectivity index (χ4v) is 1.95. The van der Waals surface area contributed by atoms with E-state index in [1.165, 1.54) is 0 Å². The molecule has 0 fully saturated rings. The van der Waals surface area contributed by atoms with Crippen LogP contribution in [0.5, 0.6) is 11.5 Å². The zero-order valence-corrected chi connectivity index (χ0v) is 10.4. The molecule has 3 rings (SSSR count). The monoisotopic (exact) mass is 257 g/mol. The SMILES string of the molecule is COc1cc2cncc(-c3nn[nH]n3)c2cc1OC. The summed E-state index contributed by atoms with van der Waals surface area (Å²) in [5.74, 6) is 1.79. The van der Waals surface area contributed by atoms with E-state index >= 15 is 0 Å². The number of hydrogen-bond donors (Lipinski definition) is 1. The van der Waals surface area contributed by atoms with Gasteiger partial charge in [-0.05, 0) is 22.7 Å². The summed E-state index contributed by atoms with van der Waals surface area (Å²) < 4.78 is 10.6. The number of pyridine rings is 1. The molecule has 1 N–H and O–H groups in total. The summed E-state index contributed by atoms with van der Waals surface area (Å²) >= 11 is 0. The molecule has 3 aromatic rings. The number of fused-ring (bicyclic) bond motifs is 1. The van der Waals surface area contributed by atoms with Crippen LogP contribution in [0, 0.1) is 0 Å². The van der Waals surface area contributed by atoms with E-state index in [9.17, 15) is 0 Å². The highest BCUT2D eigenvalue weighted by molar-refractivity contribution is 5.96. The molecular formula is C12H11N5O2. The highest BCUT2D eigenvalue weighted by Gasteiger charge is 2.12. The lowest BCUT2D eigenvalue weighted by atomic mass is 10.1. The molecule has 0 saturated heterocycles. The summed E-state index contributed by atoms with van der Waals surface area (Å²) in [4.78, 5) is 4.18. The van der Waals surface area contributed by atoms with E-state index < -0.39 is 0 Å². The number of H-pyrrole nitrogens is 1. The zero-order chi connectivity index (χ0) is 13.2. The van der Waals surface area contributed by atoms with Crippen LogP contribution in [0.15, 0.2) is 24.5 Å². The van der Waals surface area contributed by atoms with Crippen LogP contribution in [-0.4, -0.2) is 39.8 Å². The molecule has 0 aliphatic heterocycles. The summed E-state index contributed by atoms with van der Waals surface area (Å²) in [7, 11) is 3.19. The Morgan fingerprint density at radius 2 is 1.84 bits per heavy atom. The number of aromatic amines is 1. The molecule has 0 bridgehead atoms. The van der Waals surface area contributed by atoms with E-state index in [1.807, 2.05) is 12.1 Å². The first-order chi connectivity index (χ1) is 9.33. The second kappa shape index (κ2) is 4.52. The minimum atomic E-state index is 0.491. The molecule has 7 nitrogen and oxygen atoms in total. The fraction of sp³-hybridized carbons (Fsp3) is 0.167. The third kappa shape index (κ3) is 1.85. The molecule has 0 spiro atoms. The number of ether oxygens (including phenoxy) is 2. The molecule has 96 valence electrons. The first-order valence-corrected chi connectivity index (χ1v) is 5.57. The second-order valence-electron chi connectivity index (χ2n) is 3.85. The normalized spacial score (nSPS) is 10.6. The molecule has 0 aliphatic carbocycles. The minimum Gasteiger partial charge on any atom is -0.493 e. The quantitative estimate of drug-likeness (QED) is 0.764. The van der Waals surface area contributed by atoms with Crippen LogP contribution in [0.3, 0.4) is 0 Å². The number of methoxy groups -OCH3 is 2. The van der Waals surface area contributed by atoms with Gasteiger partial charge in [0.15, 0.2) is 11.5 Å². The topological polar surface area (TPSA) is 85.8 Å². The van der Waals surface area contributed by atoms with Gasteiger partial charge in [0.1, 0.15) is 0 Å². The molecule has 2 heterocycles. The Morgan fingerprint density at radius 3 is 2.53 bits per heavy atom. The number of benzene rings is 1. The molecule has 0 saturated carbocycles. The fourth-order valence-electron chi connectivity index (χ4n) is 1.95. The Morgan fingerprint density at radius 1 is 1.05 bits per heavy atom. The minimum absolute atomic E-state index is 0.491. The van der Waals surface area contributed by atoms with E-state index in [-0.39, 0.29) is 0 Å². The Kier molecular flexibility index (Phi) is 2.71. The molecule has 0 radical (unpaired) electrons. The molecule has 19 heavy (non-hydrogen) atoms. The van der Waals surface area contributed by atoms with Crippen LogP contribution in [0.4, 0.5) is 0 Å². The van der Waals surface area contributed by atoms with Crippen molar-refractivity contribution in [3.63, 3.8) is 0 Å². The van der Waals surface area contributed by atoms with Gasteiger partial charge in [-0.25, -0.2) is 0 Å². The number of hydrogen-bond acceptors (Lipinski definition) is 6. The van der Waals surface area contributed by atoms with Crippen molar-refractivity contribution < 1.29 is 9.47 Å². The van der Waals surface area contributed by atoms with Gasteiger partial charge in [-0.1, -0.05) is 0 Å². The molecule has 2 aromatic heterocycles. The second-order valence-corrected chi connectivity index (χ2v) is 3.85. The Hall–Kier alpha value is -2.70. The van der Waals surface area contributed by atoms with Crippen LogP contribution < -0.4 is 9.47 Å². The van der Waals surface area contributed by atoms with E-state index in [0.717, 1.165) is 16.3 Å². The summed E-state index contributed by atoms with van der Waals surface area (Å²) in [6.07, 6.45) is 3.44. The number of aromatic nitrogens is 5. The van der Waals surface area contributed by atoms with Gasteiger partial charge in [-0.15, -0.1) is 10.2 Å². The predicted molar refractivity (Wildman–Crippen MR) is 68.0 cm³/mol. The Bertz CT molecular complexity index is 711. The molecule has 0 atom stereocenters. The maximum absolute atomic E-state index is 5.31. The van der Waals surface area contributed by atoms with E-state index in [4.69, 9.17) is 9.47 Å².